The summed E-state index contributed by atoms with van der Waals surface area (Å²) in [6, 6.07) is 13.7. The topological polar surface area (TPSA) is 77.0 Å². The number of pyridine rings is 1. The van der Waals surface area contributed by atoms with Gasteiger partial charge in [0.25, 0.3) is 0 Å². The van der Waals surface area contributed by atoms with E-state index in [1.165, 1.54) is 12.3 Å². The van der Waals surface area contributed by atoms with E-state index in [1.54, 1.807) is 63.9 Å². The van der Waals surface area contributed by atoms with E-state index >= 15 is 0 Å². The molecular formula is C22H23FN4O3. The number of aliphatic imine (C=N–C) groups is 1. The van der Waals surface area contributed by atoms with Crippen molar-refractivity contribution in [1.82, 2.24) is 10.3 Å². The van der Waals surface area contributed by atoms with Crippen molar-refractivity contribution in [3.63, 3.8) is 0 Å². The lowest BCUT2D eigenvalue weighted by Crippen LogP contribution is -2.30. The summed E-state index contributed by atoms with van der Waals surface area (Å²) in [5, 5.41) is 6.31. The number of benzene rings is 2. The molecule has 30 heavy (non-hydrogen) atoms. The number of rotatable bonds is 7. The van der Waals surface area contributed by atoms with E-state index < -0.39 is 5.82 Å². The summed E-state index contributed by atoms with van der Waals surface area (Å²) in [4.78, 5) is 8.14. The summed E-state index contributed by atoms with van der Waals surface area (Å²) >= 11 is 0. The Morgan fingerprint density at radius 2 is 1.83 bits per heavy atom. The van der Waals surface area contributed by atoms with Crippen LogP contribution in [0.1, 0.15) is 5.56 Å². The Balaban J connectivity index is 1.62. The van der Waals surface area contributed by atoms with Crippen LogP contribution in [0.25, 0.3) is 0 Å². The van der Waals surface area contributed by atoms with Crippen LogP contribution in [0.3, 0.4) is 0 Å². The Hall–Kier alpha value is -3.81. The fraction of sp³-hybridized carbons (Fsp3) is 0.182. The second-order valence-electron chi connectivity index (χ2n) is 6.18. The lowest BCUT2D eigenvalue weighted by atomic mass is 10.2. The van der Waals surface area contributed by atoms with Gasteiger partial charge >= 0.3 is 0 Å². The third kappa shape index (κ3) is 5.38. The minimum absolute atomic E-state index is 0.139. The van der Waals surface area contributed by atoms with E-state index in [2.05, 4.69) is 20.6 Å². The zero-order valence-corrected chi connectivity index (χ0v) is 17.0. The quantitative estimate of drug-likeness (QED) is 0.449. The van der Waals surface area contributed by atoms with Crippen molar-refractivity contribution in [2.45, 2.75) is 6.54 Å². The Labute approximate surface area is 174 Å². The van der Waals surface area contributed by atoms with Crippen LogP contribution < -0.4 is 24.8 Å². The third-order valence-electron chi connectivity index (χ3n) is 4.19. The molecule has 0 bridgehead atoms. The SMILES string of the molecule is CN=C(NCc1ccc(Oc2cccnc2)c(F)c1)Nc1ccc(OC)c(OC)c1. The second-order valence-corrected chi connectivity index (χ2v) is 6.18. The van der Waals surface area contributed by atoms with E-state index in [9.17, 15) is 4.39 Å². The molecule has 156 valence electrons. The van der Waals surface area contributed by atoms with Crippen molar-refractivity contribution in [2.75, 3.05) is 26.6 Å². The normalized spacial score (nSPS) is 11.0. The first-order chi connectivity index (χ1) is 14.6. The van der Waals surface area contributed by atoms with Crippen molar-refractivity contribution in [3.05, 3.63) is 72.3 Å². The highest BCUT2D eigenvalue weighted by Crippen LogP contribution is 2.29. The Kier molecular flexibility index (Phi) is 7.05. The van der Waals surface area contributed by atoms with Gasteiger partial charge < -0.3 is 24.8 Å². The van der Waals surface area contributed by atoms with Gasteiger partial charge in [0.2, 0.25) is 0 Å². The Bertz CT molecular complexity index is 1010. The molecule has 0 saturated heterocycles. The number of nitrogens with zero attached hydrogens (tertiary/aromatic N) is 2. The predicted octanol–water partition coefficient (Wildman–Crippen LogP) is 4.22. The van der Waals surface area contributed by atoms with Crippen LogP contribution in [0, 0.1) is 5.82 Å². The minimum atomic E-state index is -0.457. The number of hydrogen-bond acceptors (Lipinski definition) is 5. The summed E-state index contributed by atoms with van der Waals surface area (Å²) in [6.07, 6.45) is 3.15. The van der Waals surface area contributed by atoms with Crippen molar-refractivity contribution < 1.29 is 18.6 Å². The smallest absolute Gasteiger partial charge is 0.195 e. The van der Waals surface area contributed by atoms with Crippen molar-refractivity contribution in [3.8, 4) is 23.0 Å². The molecule has 0 fully saturated rings. The van der Waals surface area contributed by atoms with Crippen LogP contribution in [-0.2, 0) is 6.54 Å². The first-order valence-electron chi connectivity index (χ1n) is 9.19. The number of guanidine groups is 1. The molecule has 7 nitrogen and oxygen atoms in total. The van der Waals surface area contributed by atoms with Crippen LogP contribution in [-0.4, -0.2) is 32.2 Å². The van der Waals surface area contributed by atoms with Gasteiger partial charge in [-0.3, -0.25) is 9.98 Å². The van der Waals surface area contributed by atoms with Crippen LogP contribution in [0.4, 0.5) is 10.1 Å². The number of hydrogen-bond donors (Lipinski definition) is 2. The second kappa shape index (κ2) is 10.1. The molecular weight excluding hydrogens is 387 g/mol. The van der Waals surface area contributed by atoms with Gasteiger partial charge in [-0.25, -0.2) is 4.39 Å². The molecule has 0 saturated carbocycles. The number of aromatic nitrogens is 1. The van der Waals surface area contributed by atoms with Gasteiger partial charge in [0.05, 0.1) is 20.4 Å². The highest BCUT2D eigenvalue weighted by molar-refractivity contribution is 5.93. The minimum Gasteiger partial charge on any atom is -0.493 e. The molecule has 0 amide bonds. The molecule has 3 aromatic rings. The van der Waals surface area contributed by atoms with E-state index in [1.807, 2.05) is 6.07 Å². The van der Waals surface area contributed by atoms with Crippen LogP contribution in [0.2, 0.25) is 0 Å². The number of anilines is 1. The van der Waals surface area contributed by atoms with E-state index in [4.69, 9.17) is 14.2 Å². The lowest BCUT2D eigenvalue weighted by Gasteiger charge is -2.14. The van der Waals surface area contributed by atoms with Gasteiger partial charge in [-0.2, -0.15) is 0 Å². The Morgan fingerprint density at radius 1 is 1.03 bits per heavy atom. The zero-order valence-electron chi connectivity index (χ0n) is 17.0. The van der Waals surface area contributed by atoms with Gasteiger partial charge in [-0.15, -0.1) is 0 Å². The maximum absolute atomic E-state index is 14.4. The van der Waals surface area contributed by atoms with Gasteiger partial charge in [-0.05, 0) is 42.0 Å². The summed E-state index contributed by atoms with van der Waals surface area (Å²) in [5.74, 6) is 1.92. The van der Waals surface area contributed by atoms with Gasteiger partial charge in [-0.1, -0.05) is 6.07 Å². The number of ether oxygens (including phenoxy) is 3. The maximum Gasteiger partial charge on any atom is 0.195 e. The fourth-order valence-corrected chi connectivity index (χ4v) is 2.69. The molecule has 1 aromatic heterocycles. The first kappa shape index (κ1) is 20.9. The molecule has 0 spiro atoms. The van der Waals surface area contributed by atoms with Crippen LogP contribution in [0.15, 0.2) is 65.9 Å². The molecule has 0 aliphatic carbocycles. The highest BCUT2D eigenvalue weighted by Gasteiger charge is 2.09. The monoisotopic (exact) mass is 410 g/mol. The molecule has 8 heteroatoms. The molecule has 0 aliphatic heterocycles. The molecule has 2 aromatic carbocycles. The van der Waals surface area contributed by atoms with Gasteiger partial charge in [0.15, 0.2) is 29.0 Å². The van der Waals surface area contributed by atoms with Crippen molar-refractivity contribution >= 4 is 11.6 Å². The summed E-state index contributed by atoms with van der Waals surface area (Å²) in [5.41, 5.74) is 1.51. The van der Waals surface area contributed by atoms with Crippen LogP contribution in [0.5, 0.6) is 23.0 Å². The largest absolute Gasteiger partial charge is 0.493 e. The maximum atomic E-state index is 14.4. The molecule has 0 atom stereocenters. The summed E-state index contributed by atoms with van der Waals surface area (Å²) in [7, 11) is 4.81. The number of methoxy groups -OCH3 is 2. The van der Waals surface area contributed by atoms with Crippen LogP contribution >= 0.6 is 0 Å². The molecule has 3 rings (SSSR count). The average molecular weight is 410 g/mol. The molecule has 0 radical (unpaired) electrons. The average Bonchev–Trinajstić information content (AvgIpc) is 2.78. The molecule has 0 aliphatic rings. The van der Waals surface area contributed by atoms with Crippen molar-refractivity contribution in [2.24, 2.45) is 4.99 Å². The number of halogens is 1. The fourth-order valence-electron chi connectivity index (χ4n) is 2.69. The highest BCUT2D eigenvalue weighted by atomic mass is 19.1. The third-order valence-corrected chi connectivity index (χ3v) is 4.19. The summed E-state index contributed by atoms with van der Waals surface area (Å²) in [6.45, 7) is 0.372. The Morgan fingerprint density at radius 3 is 2.50 bits per heavy atom. The van der Waals surface area contributed by atoms with Gasteiger partial charge in [0.1, 0.15) is 5.75 Å². The van der Waals surface area contributed by atoms with Crippen molar-refractivity contribution in [1.29, 1.82) is 0 Å². The number of nitrogens with one attached hydrogen (secondary N) is 2. The molecule has 0 unspecified atom stereocenters. The molecule has 1 heterocycles. The van der Waals surface area contributed by atoms with E-state index in [0.717, 1.165) is 11.3 Å². The lowest BCUT2D eigenvalue weighted by molar-refractivity contribution is 0.355. The predicted molar refractivity (Wildman–Crippen MR) is 114 cm³/mol. The van der Waals surface area contributed by atoms with E-state index in [0.29, 0.717) is 29.8 Å². The van der Waals surface area contributed by atoms with Gasteiger partial charge in [0, 0.05) is 31.5 Å². The summed E-state index contributed by atoms with van der Waals surface area (Å²) < 4.78 is 30.5. The standard InChI is InChI=1S/C22H23FN4O3/c1-24-22(27-16-7-9-20(28-2)21(12-16)29-3)26-13-15-6-8-19(18(23)11-15)30-17-5-4-10-25-14-17/h4-12,14H,13H2,1-3H3,(H2,24,26,27). The van der Waals surface area contributed by atoms with E-state index in [-0.39, 0.29) is 5.75 Å². The first-order valence-corrected chi connectivity index (χ1v) is 9.19. The molecule has 2 N–H and O–H groups in total. The zero-order chi connectivity index (χ0) is 21.3.